The highest BCUT2D eigenvalue weighted by atomic mass is 16.6. The Hall–Kier alpha value is -1.85. The van der Waals surface area contributed by atoms with Crippen LogP contribution in [0.4, 0.5) is 4.79 Å². The summed E-state index contributed by atoms with van der Waals surface area (Å²) in [5, 5.41) is 2.33. The van der Waals surface area contributed by atoms with Gasteiger partial charge in [-0.3, -0.25) is 4.79 Å². The van der Waals surface area contributed by atoms with Crippen molar-refractivity contribution in [3.63, 3.8) is 0 Å². The van der Waals surface area contributed by atoms with Crippen LogP contribution in [-0.2, 0) is 14.3 Å². The zero-order valence-corrected chi connectivity index (χ0v) is 9.22. The fourth-order valence-corrected chi connectivity index (χ4v) is 0.942. The van der Waals surface area contributed by atoms with Gasteiger partial charge in [-0.15, -0.1) is 0 Å². The minimum atomic E-state index is -0.577. The number of hydrogen-bond donors (Lipinski definition) is 1. The Labute approximate surface area is 94.2 Å². The van der Waals surface area contributed by atoms with Gasteiger partial charge in [0, 0.05) is 13.6 Å². The Morgan fingerprint density at radius 3 is 2.75 bits per heavy atom. The molecular formula is C10H16N2O4. The monoisotopic (exact) mass is 228 g/mol. The Bertz CT molecular complexity index is 255. The molecule has 6 nitrogen and oxygen atoms in total. The second kappa shape index (κ2) is 8.46. The molecule has 16 heavy (non-hydrogen) atoms. The van der Waals surface area contributed by atoms with E-state index in [4.69, 9.17) is 4.74 Å². The number of amides is 2. The van der Waals surface area contributed by atoms with Gasteiger partial charge in [0.2, 0.25) is 6.41 Å². The van der Waals surface area contributed by atoms with Crippen LogP contribution in [0.3, 0.4) is 0 Å². The maximum absolute atomic E-state index is 11.2. The van der Waals surface area contributed by atoms with Gasteiger partial charge in [0.25, 0.3) is 0 Å². The summed E-state index contributed by atoms with van der Waals surface area (Å²) in [6.07, 6.45) is 2.40. The fourth-order valence-electron chi connectivity index (χ4n) is 0.942. The second-order valence-electron chi connectivity index (χ2n) is 3.10. The molecule has 0 aliphatic carbocycles. The first-order chi connectivity index (χ1) is 7.65. The summed E-state index contributed by atoms with van der Waals surface area (Å²) in [6, 6.07) is -0.577. The molecule has 0 aromatic rings. The molecule has 2 amide bonds. The standard InChI is InChI=1S/C10H16N2O4/c1-3-6-16-10(15)12(2)5-4-9(7-13)11-8-14/h3,7-9H,1,4-6H2,2H3,(H,11,14). The quantitative estimate of drug-likeness (QED) is 0.466. The molecule has 0 aliphatic rings. The van der Waals surface area contributed by atoms with Crippen LogP contribution in [0.2, 0.25) is 0 Å². The molecule has 0 heterocycles. The molecule has 0 rings (SSSR count). The average molecular weight is 228 g/mol. The number of carbonyl (C=O) groups is 3. The van der Waals surface area contributed by atoms with Crippen molar-refractivity contribution in [2.45, 2.75) is 12.5 Å². The van der Waals surface area contributed by atoms with E-state index >= 15 is 0 Å². The zero-order valence-electron chi connectivity index (χ0n) is 9.22. The summed E-state index contributed by atoms with van der Waals surface area (Å²) >= 11 is 0. The van der Waals surface area contributed by atoms with Crippen LogP contribution in [0.15, 0.2) is 12.7 Å². The summed E-state index contributed by atoms with van der Waals surface area (Å²) in [4.78, 5) is 33.2. The lowest BCUT2D eigenvalue weighted by Crippen LogP contribution is -2.35. The topological polar surface area (TPSA) is 75.7 Å². The van der Waals surface area contributed by atoms with Gasteiger partial charge in [-0.1, -0.05) is 12.7 Å². The summed E-state index contributed by atoms with van der Waals surface area (Å²) in [7, 11) is 1.55. The molecule has 90 valence electrons. The Morgan fingerprint density at radius 1 is 1.56 bits per heavy atom. The maximum Gasteiger partial charge on any atom is 0.409 e. The van der Waals surface area contributed by atoms with E-state index in [0.717, 1.165) is 0 Å². The third kappa shape index (κ3) is 5.79. The summed E-state index contributed by atoms with van der Waals surface area (Å²) in [5.74, 6) is 0. The van der Waals surface area contributed by atoms with Crippen molar-refractivity contribution >= 4 is 18.8 Å². The van der Waals surface area contributed by atoms with Crippen molar-refractivity contribution < 1.29 is 19.1 Å². The predicted molar refractivity (Wildman–Crippen MR) is 57.8 cm³/mol. The Kier molecular flexibility index (Phi) is 7.48. The molecule has 0 radical (unpaired) electrons. The minimum Gasteiger partial charge on any atom is -0.445 e. The molecule has 0 aromatic carbocycles. The van der Waals surface area contributed by atoms with Gasteiger partial charge in [-0.05, 0) is 6.42 Å². The Balaban J connectivity index is 3.89. The van der Waals surface area contributed by atoms with Crippen molar-refractivity contribution in [3.05, 3.63) is 12.7 Å². The molecule has 1 atom stereocenters. The molecule has 0 saturated carbocycles. The molecule has 0 spiro atoms. The first-order valence-electron chi connectivity index (χ1n) is 4.79. The van der Waals surface area contributed by atoms with Crippen LogP contribution in [0.25, 0.3) is 0 Å². The van der Waals surface area contributed by atoms with Crippen LogP contribution in [-0.4, -0.2) is 49.9 Å². The maximum atomic E-state index is 11.2. The van der Waals surface area contributed by atoms with E-state index < -0.39 is 12.1 Å². The van der Waals surface area contributed by atoms with Crippen molar-refractivity contribution in [1.29, 1.82) is 0 Å². The van der Waals surface area contributed by atoms with Gasteiger partial charge in [0.1, 0.15) is 12.9 Å². The second-order valence-corrected chi connectivity index (χ2v) is 3.10. The van der Waals surface area contributed by atoms with E-state index in [1.807, 2.05) is 0 Å². The average Bonchev–Trinajstić information content (AvgIpc) is 2.30. The van der Waals surface area contributed by atoms with E-state index in [2.05, 4.69) is 11.9 Å². The number of nitrogens with zero attached hydrogens (tertiary/aromatic N) is 1. The Morgan fingerprint density at radius 2 is 2.25 bits per heavy atom. The number of aldehydes is 1. The number of hydrogen-bond acceptors (Lipinski definition) is 4. The molecule has 0 fully saturated rings. The summed E-state index contributed by atoms with van der Waals surface area (Å²) in [6.45, 7) is 3.88. The van der Waals surface area contributed by atoms with E-state index in [0.29, 0.717) is 25.7 Å². The molecule has 6 heteroatoms. The lowest BCUT2D eigenvalue weighted by Gasteiger charge is -2.18. The van der Waals surface area contributed by atoms with Gasteiger partial charge < -0.3 is 19.7 Å². The highest BCUT2D eigenvalue weighted by molar-refractivity contribution is 5.67. The number of nitrogens with one attached hydrogen (secondary N) is 1. The molecule has 0 aliphatic heterocycles. The van der Waals surface area contributed by atoms with Crippen molar-refractivity contribution in [1.82, 2.24) is 10.2 Å². The normalized spacial score (nSPS) is 11.1. The lowest BCUT2D eigenvalue weighted by atomic mass is 10.2. The van der Waals surface area contributed by atoms with E-state index in [9.17, 15) is 14.4 Å². The van der Waals surface area contributed by atoms with Crippen LogP contribution in [0.1, 0.15) is 6.42 Å². The van der Waals surface area contributed by atoms with Crippen LogP contribution >= 0.6 is 0 Å². The fraction of sp³-hybridized carbons (Fsp3) is 0.500. The van der Waals surface area contributed by atoms with Crippen LogP contribution < -0.4 is 5.32 Å². The highest BCUT2D eigenvalue weighted by Gasteiger charge is 2.12. The predicted octanol–water partition coefficient (Wildman–Crippen LogP) is -0.0556. The van der Waals surface area contributed by atoms with Crippen molar-refractivity contribution in [2.24, 2.45) is 0 Å². The lowest BCUT2D eigenvalue weighted by molar-refractivity contribution is -0.115. The van der Waals surface area contributed by atoms with Gasteiger partial charge in [0.15, 0.2) is 0 Å². The first kappa shape index (κ1) is 14.2. The molecule has 0 bridgehead atoms. The van der Waals surface area contributed by atoms with Gasteiger partial charge >= 0.3 is 6.09 Å². The van der Waals surface area contributed by atoms with Gasteiger partial charge in [-0.25, -0.2) is 4.79 Å². The van der Waals surface area contributed by atoms with E-state index in [1.165, 1.54) is 11.0 Å². The molecule has 0 saturated heterocycles. The smallest absolute Gasteiger partial charge is 0.409 e. The van der Waals surface area contributed by atoms with Crippen molar-refractivity contribution in [3.8, 4) is 0 Å². The summed E-state index contributed by atoms with van der Waals surface area (Å²) < 4.78 is 4.77. The third-order valence-corrected chi connectivity index (χ3v) is 1.86. The molecule has 0 aromatic heterocycles. The highest BCUT2D eigenvalue weighted by Crippen LogP contribution is 1.95. The van der Waals surface area contributed by atoms with Gasteiger partial charge in [-0.2, -0.15) is 0 Å². The van der Waals surface area contributed by atoms with Crippen molar-refractivity contribution in [2.75, 3.05) is 20.2 Å². The molecular weight excluding hydrogens is 212 g/mol. The SMILES string of the molecule is C=CCOC(=O)N(C)CCC(C=O)NC=O. The number of rotatable bonds is 8. The largest absolute Gasteiger partial charge is 0.445 e. The van der Waals surface area contributed by atoms with Crippen LogP contribution in [0.5, 0.6) is 0 Å². The molecule has 1 N–H and O–H groups in total. The first-order valence-corrected chi connectivity index (χ1v) is 4.79. The summed E-state index contributed by atoms with van der Waals surface area (Å²) in [5.41, 5.74) is 0. The van der Waals surface area contributed by atoms with Gasteiger partial charge in [0.05, 0.1) is 6.04 Å². The third-order valence-electron chi connectivity index (χ3n) is 1.86. The van der Waals surface area contributed by atoms with E-state index in [-0.39, 0.29) is 6.61 Å². The minimum absolute atomic E-state index is 0.146. The number of carbonyl (C=O) groups excluding carboxylic acids is 3. The van der Waals surface area contributed by atoms with Crippen LogP contribution in [0, 0.1) is 0 Å². The zero-order chi connectivity index (χ0) is 12.4. The molecule has 1 unspecified atom stereocenters. The van der Waals surface area contributed by atoms with E-state index in [1.54, 1.807) is 7.05 Å². The number of ether oxygens (including phenoxy) is 1.